The molecule has 120 valence electrons. The van der Waals surface area contributed by atoms with Gasteiger partial charge in [-0.1, -0.05) is 24.6 Å². The summed E-state index contributed by atoms with van der Waals surface area (Å²) >= 11 is 0. The lowest BCUT2D eigenvalue weighted by Gasteiger charge is -2.33. The van der Waals surface area contributed by atoms with Gasteiger partial charge < -0.3 is 10.2 Å². The van der Waals surface area contributed by atoms with Crippen molar-refractivity contribution in [3.63, 3.8) is 0 Å². The number of hydrazine groups is 2. The van der Waals surface area contributed by atoms with Crippen LogP contribution >= 0.6 is 0 Å². The topological polar surface area (TPSA) is 68.4 Å². The first-order chi connectivity index (χ1) is 10.6. The molecule has 22 heavy (non-hydrogen) atoms. The van der Waals surface area contributed by atoms with Crippen LogP contribution in [0.2, 0.25) is 0 Å². The summed E-state index contributed by atoms with van der Waals surface area (Å²) in [4.78, 5) is 14.7. The van der Waals surface area contributed by atoms with Crippen LogP contribution in [0.25, 0.3) is 0 Å². The lowest BCUT2D eigenvalue weighted by Crippen LogP contribution is -2.53. The van der Waals surface area contributed by atoms with Crippen molar-refractivity contribution in [3.8, 4) is 0 Å². The zero-order chi connectivity index (χ0) is 15.5. The van der Waals surface area contributed by atoms with Crippen LogP contribution in [0.4, 0.5) is 5.69 Å². The van der Waals surface area contributed by atoms with Gasteiger partial charge in [0.1, 0.15) is 12.2 Å². The Morgan fingerprint density at radius 2 is 1.86 bits per heavy atom. The number of anilines is 1. The number of hydrogen-bond donors (Lipinski definition) is 4. The van der Waals surface area contributed by atoms with Crippen molar-refractivity contribution in [2.45, 2.75) is 38.9 Å². The van der Waals surface area contributed by atoms with E-state index in [9.17, 15) is 4.79 Å². The van der Waals surface area contributed by atoms with Crippen molar-refractivity contribution in [3.05, 3.63) is 29.8 Å². The Morgan fingerprint density at radius 1 is 1.18 bits per heavy atom. The molecule has 2 unspecified atom stereocenters. The summed E-state index contributed by atoms with van der Waals surface area (Å²) < 4.78 is 0. The number of aryl methyl sites for hydroxylation is 1. The average Bonchev–Trinajstić information content (AvgIpc) is 2.98. The Labute approximate surface area is 131 Å². The van der Waals surface area contributed by atoms with Gasteiger partial charge in [0, 0.05) is 18.8 Å². The minimum Gasteiger partial charge on any atom is -0.367 e. The van der Waals surface area contributed by atoms with E-state index in [-0.39, 0.29) is 18.1 Å². The Kier molecular flexibility index (Phi) is 4.61. The van der Waals surface area contributed by atoms with E-state index in [1.165, 1.54) is 5.56 Å². The van der Waals surface area contributed by atoms with Crippen molar-refractivity contribution >= 4 is 11.6 Å². The summed E-state index contributed by atoms with van der Waals surface area (Å²) in [5.41, 5.74) is 11.2. The fraction of sp³-hybridized carbons (Fsp3) is 0.562. The second-order valence-corrected chi connectivity index (χ2v) is 6.39. The standard InChI is InChI=1S/C16H25N5O/c1-11-3-5-13(6-4-11)17-15-14(18-20-19-15)16(22)21-9-7-12(2)8-10-21/h3-6,12,14-15,17-20H,7-10H2,1-2H3. The molecule has 0 aliphatic carbocycles. The number of carbonyl (C=O) groups is 1. The molecule has 2 fully saturated rings. The van der Waals surface area contributed by atoms with Gasteiger partial charge in [0.15, 0.2) is 0 Å². The summed E-state index contributed by atoms with van der Waals surface area (Å²) in [6.45, 7) is 6.02. The number of nitrogens with one attached hydrogen (secondary N) is 4. The van der Waals surface area contributed by atoms with Gasteiger partial charge in [0.25, 0.3) is 0 Å². The smallest absolute Gasteiger partial charge is 0.244 e. The molecule has 1 aromatic rings. The SMILES string of the molecule is Cc1ccc(NC2NNNC2C(=O)N2CCC(C)CC2)cc1. The highest BCUT2D eigenvalue weighted by atomic mass is 16.2. The van der Waals surface area contributed by atoms with Crippen molar-refractivity contribution < 1.29 is 4.79 Å². The summed E-state index contributed by atoms with van der Waals surface area (Å²) in [6, 6.07) is 7.86. The second-order valence-electron chi connectivity index (χ2n) is 6.39. The van der Waals surface area contributed by atoms with Crippen LogP contribution in [-0.2, 0) is 4.79 Å². The van der Waals surface area contributed by atoms with Crippen molar-refractivity contribution in [1.29, 1.82) is 0 Å². The number of amides is 1. The summed E-state index contributed by atoms with van der Waals surface area (Å²) in [7, 11) is 0. The predicted octanol–water partition coefficient (Wildman–Crippen LogP) is 0.973. The van der Waals surface area contributed by atoms with Gasteiger partial charge in [0.05, 0.1) is 0 Å². The van der Waals surface area contributed by atoms with E-state index >= 15 is 0 Å². The first-order valence-electron chi connectivity index (χ1n) is 8.01. The van der Waals surface area contributed by atoms with Gasteiger partial charge in [0.2, 0.25) is 5.91 Å². The monoisotopic (exact) mass is 303 g/mol. The largest absolute Gasteiger partial charge is 0.367 e. The molecule has 0 spiro atoms. The van der Waals surface area contributed by atoms with Crippen LogP contribution in [0.15, 0.2) is 24.3 Å². The maximum atomic E-state index is 12.7. The number of likely N-dealkylation sites (tertiary alicyclic amines) is 1. The highest BCUT2D eigenvalue weighted by molar-refractivity contribution is 5.83. The van der Waals surface area contributed by atoms with Crippen molar-refractivity contribution in [2.75, 3.05) is 18.4 Å². The molecule has 0 aromatic heterocycles. The summed E-state index contributed by atoms with van der Waals surface area (Å²) in [6.07, 6.45) is 2.01. The molecule has 0 radical (unpaired) electrons. The van der Waals surface area contributed by atoms with Gasteiger partial charge >= 0.3 is 0 Å². The third-order valence-corrected chi connectivity index (χ3v) is 4.52. The zero-order valence-corrected chi connectivity index (χ0v) is 13.2. The Bertz CT molecular complexity index is 510. The van der Waals surface area contributed by atoms with E-state index in [4.69, 9.17) is 0 Å². The fourth-order valence-corrected chi connectivity index (χ4v) is 2.94. The average molecular weight is 303 g/mol. The summed E-state index contributed by atoms with van der Waals surface area (Å²) in [5.74, 6) is 0.868. The van der Waals surface area contributed by atoms with Crippen LogP contribution in [0, 0.1) is 12.8 Å². The molecule has 2 aliphatic heterocycles. The second kappa shape index (κ2) is 6.64. The van der Waals surface area contributed by atoms with E-state index in [1.54, 1.807) is 0 Å². The molecule has 2 saturated heterocycles. The third kappa shape index (κ3) is 3.40. The fourth-order valence-electron chi connectivity index (χ4n) is 2.94. The molecule has 1 aromatic carbocycles. The van der Waals surface area contributed by atoms with Gasteiger partial charge in [-0.3, -0.25) is 4.79 Å². The van der Waals surface area contributed by atoms with Crippen molar-refractivity contribution in [2.24, 2.45) is 5.92 Å². The van der Waals surface area contributed by atoms with E-state index in [1.807, 2.05) is 17.0 Å². The van der Waals surface area contributed by atoms with Gasteiger partial charge in [-0.25, -0.2) is 10.9 Å². The highest BCUT2D eigenvalue weighted by Crippen LogP contribution is 2.18. The Balaban J connectivity index is 1.62. The zero-order valence-electron chi connectivity index (χ0n) is 13.2. The molecule has 4 N–H and O–H groups in total. The van der Waals surface area contributed by atoms with Gasteiger partial charge in [-0.15, -0.1) is 0 Å². The number of piperidine rings is 1. The molecule has 2 heterocycles. The highest BCUT2D eigenvalue weighted by Gasteiger charge is 2.36. The first-order valence-corrected chi connectivity index (χ1v) is 8.01. The molecule has 0 bridgehead atoms. The lowest BCUT2D eigenvalue weighted by atomic mass is 9.98. The normalized spacial score (nSPS) is 26.2. The molecule has 1 amide bonds. The molecule has 3 rings (SSSR count). The maximum Gasteiger partial charge on any atom is 0.244 e. The number of hydrogen-bond acceptors (Lipinski definition) is 5. The van der Waals surface area contributed by atoms with Crippen LogP contribution in [0.5, 0.6) is 0 Å². The quantitative estimate of drug-likeness (QED) is 0.670. The molecular formula is C16H25N5O. The van der Waals surface area contributed by atoms with E-state index in [0.29, 0.717) is 0 Å². The van der Waals surface area contributed by atoms with Crippen molar-refractivity contribution in [1.82, 2.24) is 21.3 Å². The molecule has 2 atom stereocenters. The first kappa shape index (κ1) is 15.3. The Hall–Kier alpha value is -1.63. The molecule has 6 heteroatoms. The minimum absolute atomic E-state index is 0.147. The third-order valence-electron chi connectivity index (χ3n) is 4.52. The number of rotatable bonds is 3. The number of nitrogens with zero attached hydrogens (tertiary/aromatic N) is 1. The maximum absolute atomic E-state index is 12.7. The van der Waals surface area contributed by atoms with Crippen LogP contribution in [0.3, 0.4) is 0 Å². The minimum atomic E-state index is -0.310. The number of carbonyl (C=O) groups excluding carboxylic acids is 1. The van der Waals surface area contributed by atoms with E-state index in [0.717, 1.165) is 37.5 Å². The predicted molar refractivity (Wildman–Crippen MR) is 86.8 cm³/mol. The van der Waals surface area contributed by atoms with Crippen LogP contribution < -0.4 is 21.7 Å². The molecule has 0 saturated carbocycles. The van der Waals surface area contributed by atoms with E-state index < -0.39 is 0 Å². The van der Waals surface area contributed by atoms with Gasteiger partial charge in [-0.05, 0) is 37.8 Å². The van der Waals surface area contributed by atoms with Crippen LogP contribution in [-0.4, -0.2) is 36.1 Å². The van der Waals surface area contributed by atoms with Gasteiger partial charge in [-0.2, -0.15) is 5.53 Å². The summed E-state index contributed by atoms with van der Waals surface area (Å²) in [5, 5.41) is 3.36. The lowest BCUT2D eigenvalue weighted by molar-refractivity contribution is -0.134. The molecule has 2 aliphatic rings. The Morgan fingerprint density at radius 3 is 2.55 bits per heavy atom. The van der Waals surface area contributed by atoms with E-state index in [2.05, 4.69) is 47.7 Å². The molecule has 6 nitrogen and oxygen atoms in total. The molecular weight excluding hydrogens is 278 g/mol. The van der Waals surface area contributed by atoms with Crippen LogP contribution in [0.1, 0.15) is 25.3 Å². The number of benzene rings is 1.